The summed E-state index contributed by atoms with van der Waals surface area (Å²) in [6.45, 7) is 5.44. The highest BCUT2D eigenvalue weighted by Crippen LogP contribution is 2.44. The first-order chi connectivity index (χ1) is 9.10. The number of alkyl halides is 2. The highest BCUT2D eigenvalue weighted by molar-refractivity contribution is 9.09. The van der Waals surface area contributed by atoms with Crippen molar-refractivity contribution < 1.29 is 4.74 Å². The Labute approximate surface area is 133 Å². The molecule has 1 aliphatic heterocycles. The Morgan fingerprint density at radius 3 is 2.58 bits per heavy atom. The Morgan fingerprint density at radius 2 is 1.95 bits per heavy atom. The molecular formula is C16H22Br2O. The van der Waals surface area contributed by atoms with E-state index in [1.807, 2.05) is 0 Å². The maximum absolute atomic E-state index is 5.82. The van der Waals surface area contributed by atoms with Gasteiger partial charge in [0.05, 0.1) is 6.61 Å². The van der Waals surface area contributed by atoms with Gasteiger partial charge in [-0.2, -0.15) is 0 Å². The quantitative estimate of drug-likeness (QED) is 0.593. The smallest absolute Gasteiger partial charge is 0.122 e. The van der Waals surface area contributed by atoms with Crippen LogP contribution in [0.3, 0.4) is 0 Å². The molecule has 106 valence electrons. The average Bonchev–Trinajstić information content (AvgIpc) is 2.81. The van der Waals surface area contributed by atoms with Crippen molar-refractivity contribution in [3.05, 3.63) is 29.8 Å². The molecule has 1 unspecified atom stereocenters. The average molecular weight is 390 g/mol. The van der Waals surface area contributed by atoms with Gasteiger partial charge in [0.2, 0.25) is 0 Å². The summed E-state index contributed by atoms with van der Waals surface area (Å²) >= 11 is 7.48. The van der Waals surface area contributed by atoms with Gasteiger partial charge in [-0.3, -0.25) is 0 Å². The van der Waals surface area contributed by atoms with Crippen LogP contribution in [0.4, 0.5) is 0 Å². The summed E-state index contributed by atoms with van der Waals surface area (Å²) in [7, 11) is 0. The Balaban J connectivity index is 2.15. The van der Waals surface area contributed by atoms with E-state index in [4.69, 9.17) is 4.74 Å². The maximum Gasteiger partial charge on any atom is 0.122 e. The van der Waals surface area contributed by atoms with E-state index in [0.29, 0.717) is 17.3 Å². The van der Waals surface area contributed by atoms with Crippen molar-refractivity contribution in [3.63, 3.8) is 0 Å². The molecule has 19 heavy (non-hydrogen) atoms. The third-order valence-electron chi connectivity index (χ3n) is 3.89. The molecule has 1 atom stereocenters. The fraction of sp³-hybridized carbons (Fsp3) is 0.625. The van der Waals surface area contributed by atoms with E-state index < -0.39 is 0 Å². The van der Waals surface area contributed by atoms with E-state index in [0.717, 1.165) is 23.0 Å². The first-order valence-electron chi connectivity index (χ1n) is 6.94. The number of fused-ring (bicyclic) bond motifs is 1. The summed E-state index contributed by atoms with van der Waals surface area (Å²) in [5.41, 5.74) is 1.71. The molecule has 0 spiro atoms. The maximum atomic E-state index is 5.82. The van der Waals surface area contributed by atoms with Gasteiger partial charge >= 0.3 is 0 Å². The molecule has 0 radical (unpaired) electrons. The van der Waals surface area contributed by atoms with Crippen LogP contribution in [-0.4, -0.2) is 17.3 Å². The number of halogens is 2. The number of para-hydroxylation sites is 1. The molecule has 0 fully saturated rings. The third-order valence-corrected chi connectivity index (χ3v) is 6.27. The van der Waals surface area contributed by atoms with E-state index in [9.17, 15) is 0 Å². The van der Waals surface area contributed by atoms with Gasteiger partial charge in [-0.15, -0.1) is 0 Å². The van der Waals surface area contributed by atoms with Gasteiger partial charge < -0.3 is 4.74 Å². The molecule has 2 rings (SSSR count). The number of hydrogen-bond donors (Lipinski definition) is 0. The van der Waals surface area contributed by atoms with Gasteiger partial charge in [-0.25, -0.2) is 0 Å². The van der Waals surface area contributed by atoms with Crippen molar-refractivity contribution in [1.82, 2.24) is 0 Å². The number of hydrogen-bond acceptors (Lipinski definition) is 1. The first kappa shape index (κ1) is 15.4. The predicted molar refractivity (Wildman–Crippen MR) is 88.8 cm³/mol. The SMILES string of the molecule is CC(C)CC(CBr)(CBr)CC1COc2ccccc21. The number of rotatable bonds is 6. The van der Waals surface area contributed by atoms with Crippen molar-refractivity contribution in [3.8, 4) is 5.75 Å². The van der Waals surface area contributed by atoms with Crippen LogP contribution in [0.1, 0.15) is 38.2 Å². The molecule has 1 heterocycles. The summed E-state index contributed by atoms with van der Waals surface area (Å²) in [5.74, 6) is 2.33. The van der Waals surface area contributed by atoms with Gasteiger partial charge in [0.1, 0.15) is 5.75 Å². The lowest BCUT2D eigenvalue weighted by Crippen LogP contribution is -2.29. The third kappa shape index (κ3) is 3.55. The molecule has 1 nitrogen and oxygen atoms in total. The van der Waals surface area contributed by atoms with Crippen LogP contribution in [-0.2, 0) is 0 Å². The van der Waals surface area contributed by atoms with Crippen molar-refractivity contribution >= 4 is 31.9 Å². The van der Waals surface area contributed by atoms with Gasteiger partial charge in [-0.05, 0) is 30.2 Å². The standard InChI is InChI=1S/C16H22Br2O/c1-12(2)7-16(10-17,11-18)8-13-9-19-15-6-4-3-5-14(13)15/h3-6,12-13H,7-11H2,1-2H3. The van der Waals surface area contributed by atoms with E-state index in [2.05, 4.69) is 70.0 Å². The van der Waals surface area contributed by atoms with E-state index in [-0.39, 0.29) is 0 Å². The molecule has 0 aliphatic carbocycles. The monoisotopic (exact) mass is 388 g/mol. The van der Waals surface area contributed by atoms with Crippen LogP contribution in [0.25, 0.3) is 0 Å². The lowest BCUT2D eigenvalue weighted by molar-refractivity contribution is 0.236. The zero-order chi connectivity index (χ0) is 13.9. The Kier molecular flexibility index (Phi) is 5.36. The van der Waals surface area contributed by atoms with Crippen molar-refractivity contribution in [2.45, 2.75) is 32.6 Å². The molecule has 0 bridgehead atoms. The largest absolute Gasteiger partial charge is 0.493 e. The summed E-state index contributed by atoms with van der Waals surface area (Å²) < 4.78 is 5.82. The number of ether oxygens (including phenoxy) is 1. The first-order valence-corrected chi connectivity index (χ1v) is 9.18. The molecule has 0 N–H and O–H groups in total. The normalized spacial score (nSPS) is 18.5. The zero-order valence-electron chi connectivity index (χ0n) is 11.7. The Morgan fingerprint density at radius 1 is 1.26 bits per heavy atom. The summed E-state index contributed by atoms with van der Waals surface area (Å²) in [6.07, 6.45) is 2.42. The van der Waals surface area contributed by atoms with Crippen LogP contribution >= 0.6 is 31.9 Å². The second-order valence-electron chi connectivity index (χ2n) is 6.12. The topological polar surface area (TPSA) is 9.23 Å². The van der Waals surface area contributed by atoms with Crippen LogP contribution in [0.15, 0.2) is 24.3 Å². The van der Waals surface area contributed by atoms with E-state index in [1.165, 1.54) is 18.4 Å². The van der Waals surface area contributed by atoms with Crippen LogP contribution in [0, 0.1) is 11.3 Å². The minimum atomic E-state index is 0.319. The molecule has 0 amide bonds. The lowest BCUT2D eigenvalue weighted by Gasteiger charge is -2.34. The minimum absolute atomic E-state index is 0.319. The molecule has 0 saturated carbocycles. The summed E-state index contributed by atoms with van der Waals surface area (Å²) in [4.78, 5) is 0. The Bertz CT molecular complexity index is 413. The van der Waals surface area contributed by atoms with Gasteiger partial charge in [0, 0.05) is 22.1 Å². The Hall–Kier alpha value is -0.0200. The number of benzene rings is 1. The van der Waals surface area contributed by atoms with Crippen molar-refractivity contribution in [2.75, 3.05) is 17.3 Å². The fourth-order valence-electron chi connectivity index (χ4n) is 3.12. The second kappa shape index (κ2) is 6.62. The van der Waals surface area contributed by atoms with Gasteiger partial charge in [0.25, 0.3) is 0 Å². The minimum Gasteiger partial charge on any atom is -0.493 e. The molecule has 0 saturated heterocycles. The molecular weight excluding hydrogens is 368 g/mol. The second-order valence-corrected chi connectivity index (χ2v) is 7.24. The molecule has 0 aromatic heterocycles. The van der Waals surface area contributed by atoms with Crippen molar-refractivity contribution in [2.24, 2.45) is 11.3 Å². The zero-order valence-corrected chi connectivity index (χ0v) is 14.8. The van der Waals surface area contributed by atoms with Crippen molar-refractivity contribution in [1.29, 1.82) is 0 Å². The van der Waals surface area contributed by atoms with Gasteiger partial charge in [-0.1, -0.05) is 63.9 Å². The molecule has 3 heteroatoms. The fourth-order valence-corrected chi connectivity index (χ4v) is 4.97. The molecule has 1 aliphatic rings. The van der Waals surface area contributed by atoms with E-state index in [1.54, 1.807) is 0 Å². The summed E-state index contributed by atoms with van der Waals surface area (Å²) in [6, 6.07) is 8.47. The predicted octanol–water partition coefficient (Wildman–Crippen LogP) is 5.38. The van der Waals surface area contributed by atoms with Crippen LogP contribution in [0.5, 0.6) is 5.75 Å². The van der Waals surface area contributed by atoms with Crippen LogP contribution < -0.4 is 4.74 Å². The highest BCUT2D eigenvalue weighted by atomic mass is 79.9. The highest BCUT2D eigenvalue weighted by Gasteiger charge is 2.35. The summed E-state index contributed by atoms with van der Waals surface area (Å²) in [5, 5.41) is 2.09. The molecule has 1 aromatic rings. The lowest BCUT2D eigenvalue weighted by atomic mass is 9.75. The van der Waals surface area contributed by atoms with E-state index >= 15 is 0 Å². The van der Waals surface area contributed by atoms with Crippen LogP contribution in [0.2, 0.25) is 0 Å². The molecule has 1 aromatic carbocycles. The van der Waals surface area contributed by atoms with Gasteiger partial charge in [0.15, 0.2) is 0 Å².